The van der Waals surface area contributed by atoms with E-state index in [2.05, 4.69) is 5.32 Å². The topological polar surface area (TPSA) is 50.8 Å². The van der Waals surface area contributed by atoms with Crippen LogP contribution in [0.4, 0.5) is 5.69 Å². The Morgan fingerprint density at radius 3 is 2.10 bits per heavy atom. The van der Waals surface area contributed by atoms with Crippen molar-refractivity contribution in [2.24, 2.45) is 0 Å². The van der Waals surface area contributed by atoms with Crippen LogP contribution in [0.1, 0.15) is 17.3 Å². The number of ether oxygens (including phenoxy) is 2. The van der Waals surface area contributed by atoms with Crippen molar-refractivity contribution < 1.29 is 14.3 Å². The molecule has 20 heavy (non-hydrogen) atoms. The normalized spacial score (nSPS) is 10.3. The van der Waals surface area contributed by atoms with Gasteiger partial charge in [0, 0.05) is 45.1 Å². The van der Waals surface area contributed by atoms with Crippen LogP contribution in [0.2, 0.25) is 0 Å². The van der Waals surface area contributed by atoms with Gasteiger partial charge in [-0.3, -0.25) is 4.79 Å². The van der Waals surface area contributed by atoms with Crippen molar-refractivity contribution in [3.05, 3.63) is 29.8 Å². The van der Waals surface area contributed by atoms with Gasteiger partial charge >= 0.3 is 0 Å². The summed E-state index contributed by atoms with van der Waals surface area (Å²) >= 11 is 0. The zero-order valence-electron chi connectivity index (χ0n) is 12.5. The van der Waals surface area contributed by atoms with Gasteiger partial charge in [0.05, 0.1) is 13.2 Å². The molecule has 1 aromatic rings. The molecule has 0 heterocycles. The zero-order chi connectivity index (χ0) is 14.8. The monoisotopic (exact) mass is 280 g/mol. The molecule has 0 spiro atoms. The first-order valence-electron chi connectivity index (χ1n) is 6.84. The minimum Gasteiger partial charge on any atom is -0.385 e. The van der Waals surface area contributed by atoms with Gasteiger partial charge in [0.1, 0.15) is 0 Å². The van der Waals surface area contributed by atoms with Crippen molar-refractivity contribution >= 4 is 11.6 Å². The van der Waals surface area contributed by atoms with E-state index in [0.29, 0.717) is 31.9 Å². The van der Waals surface area contributed by atoms with Crippen LogP contribution in [0, 0.1) is 0 Å². The summed E-state index contributed by atoms with van der Waals surface area (Å²) in [6.45, 7) is 5.06. The van der Waals surface area contributed by atoms with Crippen molar-refractivity contribution in [3.63, 3.8) is 0 Å². The van der Waals surface area contributed by atoms with Gasteiger partial charge in [0.2, 0.25) is 0 Å². The highest BCUT2D eigenvalue weighted by Crippen LogP contribution is 2.11. The van der Waals surface area contributed by atoms with Gasteiger partial charge in [-0.2, -0.15) is 0 Å². The van der Waals surface area contributed by atoms with Crippen LogP contribution in [0.15, 0.2) is 24.3 Å². The number of methoxy groups -OCH3 is 2. The predicted molar refractivity (Wildman–Crippen MR) is 80.3 cm³/mol. The molecule has 1 rings (SSSR count). The Morgan fingerprint density at radius 1 is 1.10 bits per heavy atom. The molecule has 0 saturated carbocycles. The third-order valence-electron chi connectivity index (χ3n) is 2.93. The SMILES string of the molecule is CCNc1ccc(C(=O)N(CCOC)CCOC)cc1. The van der Waals surface area contributed by atoms with Crippen molar-refractivity contribution in [1.82, 2.24) is 4.90 Å². The first kappa shape index (κ1) is 16.5. The smallest absolute Gasteiger partial charge is 0.254 e. The maximum absolute atomic E-state index is 12.4. The second-order valence-corrected chi connectivity index (χ2v) is 4.39. The second-order valence-electron chi connectivity index (χ2n) is 4.39. The first-order chi connectivity index (χ1) is 9.72. The highest BCUT2D eigenvalue weighted by atomic mass is 16.5. The molecule has 0 unspecified atom stereocenters. The summed E-state index contributed by atoms with van der Waals surface area (Å²) in [6, 6.07) is 7.52. The van der Waals surface area contributed by atoms with E-state index in [-0.39, 0.29) is 5.91 Å². The van der Waals surface area contributed by atoms with Gasteiger partial charge in [-0.15, -0.1) is 0 Å². The van der Waals surface area contributed by atoms with E-state index >= 15 is 0 Å². The number of amides is 1. The minimum absolute atomic E-state index is 0.00199. The molecule has 5 nitrogen and oxygen atoms in total. The predicted octanol–water partition coefficient (Wildman–Crippen LogP) is 1.85. The van der Waals surface area contributed by atoms with E-state index < -0.39 is 0 Å². The molecule has 112 valence electrons. The molecule has 0 radical (unpaired) electrons. The Hall–Kier alpha value is -1.59. The summed E-state index contributed by atoms with van der Waals surface area (Å²) in [6.07, 6.45) is 0. The Balaban J connectivity index is 2.71. The van der Waals surface area contributed by atoms with Crippen molar-refractivity contribution in [2.75, 3.05) is 52.4 Å². The van der Waals surface area contributed by atoms with Crippen LogP contribution >= 0.6 is 0 Å². The van der Waals surface area contributed by atoms with Crippen LogP contribution in [-0.4, -0.2) is 57.9 Å². The lowest BCUT2D eigenvalue weighted by atomic mass is 10.1. The average molecular weight is 280 g/mol. The largest absolute Gasteiger partial charge is 0.385 e. The van der Waals surface area contributed by atoms with Gasteiger partial charge < -0.3 is 19.7 Å². The fourth-order valence-electron chi connectivity index (χ4n) is 1.84. The summed E-state index contributed by atoms with van der Waals surface area (Å²) in [5.41, 5.74) is 1.70. The second kappa shape index (κ2) is 9.34. The van der Waals surface area contributed by atoms with E-state index in [0.717, 1.165) is 12.2 Å². The summed E-state index contributed by atoms with van der Waals surface area (Å²) in [4.78, 5) is 14.2. The number of carbonyl (C=O) groups excluding carboxylic acids is 1. The molecule has 0 aromatic heterocycles. The van der Waals surface area contributed by atoms with Crippen molar-refractivity contribution in [2.45, 2.75) is 6.92 Å². The quantitative estimate of drug-likeness (QED) is 0.750. The lowest BCUT2D eigenvalue weighted by Crippen LogP contribution is -2.36. The summed E-state index contributed by atoms with van der Waals surface area (Å²) in [5.74, 6) is 0.00199. The fourth-order valence-corrected chi connectivity index (χ4v) is 1.84. The van der Waals surface area contributed by atoms with E-state index in [1.807, 2.05) is 31.2 Å². The van der Waals surface area contributed by atoms with Crippen LogP contribution < -0.4 is 5.32 Å². The Bertz CT molecular complexity index is 385. The molecule has 0 aliphatic carbocycles. The Kier molecular flexibility index (Phi) is 7.69. The number of anilines is 1. The van der Waals surface area contributed by atoms with Crippen LogP contribution in [0.25, 0.3) is 0 Å². The summed E-state index contributed by atoms with van der Waals surface area (Å²) in [5, 5.41) is 3.21. The average Bonchev–Trinajstić information content (AvgIpc) is 2.48. The van der Waals surface area contributed by atoms with Crippen LogP contribution in [-0.2, 0) is 9.47 Å². The molecule has 0 fully saturated rings. The molecule has 1 amide bonds. The number of benzene rings is 1. The molecule has 0 bridgehead atoms. The maximum atomic E-state index is 12.4. The van der Waals surface area contributed by atoms with Crippen LogP contribution in [0.3, 0.4) is 0 Å². The molecule has 1 N–H and O–H groups in total. The molecule has 0 aliphatic rings. The highest BCUT2D eigenvalue weighted by Gasteiger charge is 2.15. The number of nitrogens with one attached hydrogen (secondary N) is 1. The molecule has 5 heteroatoms. The summed E-state index contributed by atoms with van der Waals surface area (Å²) < 4.78 is 10.1. The molecular formula is C15H24N2O3. The lowest BCUT2D eigenvalue weighted by Gasteiger charge is -2.22. The third kappa shape index (κ3) is 5.19. The van der Waals surface area contributed by atoms with Gasteiger partial charge in [-0.25, -0.2) is 0 Å². The van der Waals surface area contributed by atoms with Gasteiger partial charge in [0.15, 0.2) is 0 Å². The molecular weight excluding hydrogens is 256 g/mol. The number of hydrogen-bond donors (Lipinski definition) is 1. The highest BCUT2D eigenvalue weighted by molar-refractivity contribution is 5.94. The van der Waals surface area contributed by atoms with Crippen molar-refractivity contribution in [1.29, 1.82) is 0 Å². The molecule has 0 atom stereocenters. The molecule has 0 saturated heterocycles. The van der Waals surface area contributed by atoms with E-state index in [1.165, 1.54) is 0 Å². The standard InChI is InChI=1S/C15H24N2O3/c1-4-16-14-7-5-13(6-8-14)15(18)17(9-11-19-2)10-12-20-3/h5-8,16H,4,9-12H2,1-3H3. The van der Waals surface area contributed by atoms with E-state index in [4.69, 9.17) is 9.47 Å². The minimum atomic E-state index is 0.00199. The maximum Gasteiger partial charge on any atom is 0.254 e. The number of carbonyl (C=O) groups is 1. The van der Waals surface area contributed by atoms with Gasteiger partial charge in [0.25, 0.3) is 5.91 Å². The van der Waals surface area contributed by atoms with Crippen molar-refractivity contribution in [3.8, 4) is 0 Å². The number of nitrogens with zero attached hydrogens (tertiary/aromatic N) is 1. The van der Waals surface area contributed by atoms with E-state index in [1.54, 1.807) is 19.1 Å². The zero-order valence-corrected chi connectivity index (χ0v) is 12.5. The van der Waals surface area contributed by atoms with Gasteiger partial charge in [-0.05, 0) is 31.2 Å². The third-order valence-corrected chi connectivity index (χ3v) is 2.93. The first-order valence-corrected chi connectivity index (χ1v) is 6.84. The summed E-state index contributed by atoms with van der Waals surface area (Å²) in [7, 11) is 3.26. The number of hydrogen-bond acceptors (Lipinski definition) is 4. The number of rotatable bonds is 9. The Labute approximate surface area is 120 Å². The Morgan fingerprint density at radius 2 is 1.65 bits per heavy atom. The van der Waals surface area contributed by atoms with E-state index in [9.17, 15) is 4.79 Å². The molecule has 0 aliphatic heterocycles. The molecule has 1 aromatic carbocycles. The van der Waals surface area contributed by atoms with Crippen LogP contribution in [0.5, 0.6) is 0 Å². The lowest BCUT2D eigenvalue weighted by molar-refractivity contribution is 0.0627. The fraction of sp³-hybridized carbons (Fsp3) is 0.533. The van der Waals surface area contributed by atoms with Gasteiger partial charge in [-0.1, -0.05) is 0 Å².